The fourth-order valence-corrected chi connectivity index (χ4v) is 2.18. The van der Waals surface area contributed by atoms with Gasteiger partial charge in [-0.05, 0) is 18.4 Å². The first-order chi connectivity index (χ1) is 6.52. The van der Waals surface area contributed by atoms with Gasteiger partial charge in [-0.25, -0.2) is 0 Å². The standard InChI is InChI=1S/C12H28OSi/c1-5-7-8-9-10-11(13-6-2)12(3,4)14/h11H,5-10H2,1-4,14H3. The highest BCUT2D eigenvalue weighted by atomic mass is 28.1. The van der Waals surface area contributed by atoms with Gasteiger partial charge in [0.1, 0.15) is 0 Å². The van der Waals surface area contributed by atoms with Gasteiger partial charge in [0.05, 0.1) is 6.10 Å². The number of ether oxygens (including phenoxy) is 1. The molecule has 0 rings (SSSR count). The van der Waals surface area contributed by atoms with Gasteiger partial charge in [-0.3, -0.25) is 0 Å². The van der Waals surface area contributed by atoms with Crippen LogP contribution in [0.4, 0.5) is 0 Å². The first-order valence-corrected chi connectivity index (χ1v) is 7.14. The summed E-state index contributed by atoms with van der Waals surface area (Å²) < 4.78 is 5.82. The van der Waals surface area contributed by atoms with Crippen molar-refractivity contribution in [3.63, 3.8) is 0 Å². The van der Waals surface area contributed by atoms with Crippen LogP contribution in [0.25, 0.3) is 0 Å². The summed E-state index contributed by atoms with van der Waals surface area (Å²) >= 11 is 0. The summed E-state index contributed by atoms with van der Waals surface area (Å²) in [6, 6.07) is 0. The van der Waals surface area contributed by atoms with E-state index in [1.54, 1.807) is 0 Å². The normalized spacial score (nSPS) is 14.6. The first-order valence-electron chi connectivity index (χ1n) is 6.14. The van der Waals surface area contributed by atoms with Gasteiger partial charge in [-0.1, -0.05) is 46.5 Å². The third-order valence-electron chi connectivity index (χ3n) is 2.65. The molecule has 14 heavy (non-hydrogen) atoms. The minimum atomic E-state index is 0.433. The van der Waals surface area contributed by atoms with Crippen LogP contribution in [0, 0.1) is 0 Å². The minimum absolute atomic E-state index is 0.433. The summed E-state index contributed by atoms with van der Waals surface area (Å²) in [6.45, 7) is 9.89. The van der Waals surface area contributed by atoms with E-state index >= 15 is 0 Å². The van der Waals surface area contributed by atoms with Gasteiger partial charge in [-0.15, -0.1) is 0 Å². The topological polar surface area (TPSA) is 9.23 Å². The molecule has 0 fully saturated rings. The molecule has 0 aliphatic heterocycles. The highest BCUT2D eigenvalue weighted by Crippen LogP contribution is 2.30. The van der Waals surface area contributed by atoms with E-state index in [4.69, 9.17) is 4.74 Å². The molecule has 0 aromatic carbocycles. The predicted molar refractivity (Wildman–Crippen MR) is 68.2 cm³/mol. The molecule has 0 aromatic rings. The van der Waals surface area contributed by atoms with Gasteiger partial charge in [0, 0.05) is 16.8 Å². The summed E-state index contributed by atoms with van der Waals surface area (Å²) in [4.78, 5) is 0. The van der Waals surface area contributed by atoms with Crippen molar-refractivity contribution in [1.82, 2.24) is 0 Å². The Morgan fingerprint density at radius 3 is 2.21 bits per heavy atom. The Hall–Kier alpha value is 0.177. The Kier molecular flexibility index (Phi) is 7.56. The van der Waals surface area contributed by atoms with Crippen LogP contribution in [0.3, 0.4) is 0 Å². The fraction of sp³-hybridized carbons (Fsp3) is 1.00. The molecule has 0 bridgehead atoms. The molecule has 86 valence electrons. The van der Waals surface area contributed by atoms with Crippen LogP contribution in [0.5, 0.6) is 0 Å². The lowest BCUT2D eigenvalue weighted by Gasteiger charge is -2.30. The first kappa shape index (κ1) is 14.2. The molecule has 0 amide bonds. The number of hydrogen-bond donors (Lipinski definition) is 0. The van der Waals surface area contributed by atoms with Gasteiger partial charge < -0.3 is 4.74 Å². The van der Waals surface area contributed by atoms with Gasteiger partial charge >= 0.3 is 0 Å². The molecule has 0 N–H and O–H groups in total. The van der Waals surface area contributed by atoms with Gasteiger partial charge in [0.15, 0.2) is 0 Å². The van der Waals surface area contributed by atoms with E-state index in [9.17, 15) is 0 Å². The molecular formula is C12H28OSi. The van der Waals surface area contributed by atoms with Crippen molar-refractivity contribution >= 4 is 10.2 Å². The lowest BCUT2D eigenvalue weighted by molar-refractivity contribution is 0.0295. The molecule has 0 saturated heterocycles. The Labute approximate surface area is 93.0 Å². The van der Waals surface area contributed by atoms with Crippen LogP contribution in [-0.2, 0) is 4.74 Å². The van der Waals surface area contributed by atoms with E-state index in [1.165, 1.54) is 42.3 Å². The molecule has 0 saturated carbocycles. The molecule has 2 heteroatoms. The summed E-state index contributed by atoms with van der Waals surface area (Å²) in [5.74, 6) is 0. The van der Waals surface area contributed by atoms with E-state index in [2.05, 4.69) is 27.7 Å². The maximum absolute atomic E-state index is 5.82. The molecule has 0 aliphatic carbocycles. The van der Waals surface area contributed by atoms with E-state index in [1.807, 2.05) is 0 Å². The SMILES string of the molecule is CCCCCCC(OCC)C(C)(C)[SiH3]. The zero-order valence-corrected chi connectivity index (χ0v) is 12.7. The third kappa shape index (κ3) is 6.60. The molecule has 1 unspecified atom stereocenters. The Morgan fingerprint density at radius 1 is 1.14 bits per heavy atom. The van der Waals surface area contributed by atoms with Crippen molar-refractivity contribution in [2.45, 2.75) is 70.9 Å². The van der Waals surface area contributed by atoms with Gasteiger partial charge in [0.25, 0.3) is 0 Å². The second-order valence-electron chi connectivity index (χ2n) is 5.16. The van der Waals surface area contributed by atoms with Crippen molar-refractivity contribution in [2.75, 3.05) is 6.61 Å². The molecule has 0 heterocycles. The van der Waals surface area contributed by atoms with E-state index in [-0.39, 0.29) is 0 Å². The maximum Gasteiger partial charge on any atom is 0.0593 e. The molecule has 0 aliphatic rings. The zero-order chi connectivity index (χ0) is 11.0. The van der Waals surface area contributed by atoms with Crippen LogP contribution in [0.15, 0.2) is 0 Å². The van der Waals surface area contributed by atoms with Crippen molar-refractivity contribution in [2.24, 2.45) is 0 Å². The predicted octanol–water partition coefficient (Wildman–Crippen LogP) is 2.93. The zero-order valence-electron chi connectivity index (χ0n) is 10.7. The van der Waals surface area contributed by atoms with Gasteiger partial charge in [0.2, 0.25) is 0 Å². The summed E-state index contributed by atoms with van der Waals surface area (Å²) in [5.41, 5.74) is 0. The lowest BCUT2D eigenvalue weighted by Crippen LogP contribution is -2.26. The van der Waals surface area contributed by atoms with Crippen molar-refractivity contribution in [1.29, 1.82) is 0 Å². The molecule has 1 atom stereocenters. The van der Waals surface area contributed by atoms with Crippen LogP contribution in [-0.4, -0.2) is 23.0 Å². The molecule has 0 spiro atoms. The highest BCUT2D eigenvalue weighted by Gasteiger charge is 2.23. The number of rotatable bonds is 8. The third-order valence-corrected chi connectivity index (χ3v) is 3.30. The Bertz CT molecular complexity index is 129. The summed E-state index contributed by atoms with van der Waals surface area (Å²) in [7, 11) is 1.22. The van der Waals surface area contributed by atoms with Crippen LogP contribution in [0.2, 0.25) is 5.04 Å². The second kappa shape index (κ2) is 7.47. The van der Waals surface area contributed by atoms with Crippen LogP contribution < -0.4 is 0 Å². The van der Waals surface area contributed by atoms with E-state index in [0.717, 1.165) is 6.61 Å². The molecular weight excluding hydrogens is 188 g/mol. The summed E-state index contributed by atoms with van der Waals surface area (Å²) in [5, 5.41) is 0.433. The van der Waals surface area contributed by atoms with Crippen molar-refractivity contribution < 1.29 is 4.74 Å². The molecule has 0 radical (unpaired) electrons. The average molecular weight is 216 g/mol. The maximum atomic E-state index is 5.82. The van der Waals surface area contributed by atoms with Gasteiger partial charge in [-0.2, -0.15) is 0 Å². The molecule has 1 nitrogen and oxygen atoms in total. The van der Waals surface area contributed by atoms with E-state index in [0.29, 0.717) is 11.1 Å². The van der Waals surface area contributed by atoms with Crippen molar-refractivity contribution in [3.05, 3.63) is 0 Å². The number of unbranched alkanes of at least 4 members (excludes halogenated alkanes) is 3. The minimum Gasteiger partial charge on any atom is -0.378 e. The largest absolute Gasteiger partial charge is 0.378 e. The quantitative estimate of drug-likeness (QED) is 0.448. The Balaban J connectivity index is 3.74. The summed E-state index contributed by atoms with van der Waals surface area (Å²) in [6.07, 6.45) is 7.16. The van der Waals surface area contributed by atoms with Crippen molar-refractivity contribution in [3.8, 4) is 0 Å². The smallest absolute Gasteiger partial charge is 0.0593 e. The monoisotopic (exact) mass is 216 g/mol. The fourth-order valence-electron chi connectivity index (χ4n) is 1.72. The highest BCUT2D eigenvalue weighted by molar-refractivity contribution is 6.15. The Morgan fingerprint density at radius 2 is 1.79 bits per heavy atom. The molecule has 0 aromatic heterocycles. The second-order valence-corrected chi connectivity index (χ2v) is 7.74. The number of hydrogen-bond acceptors (Lipinski definition) is 1. The van der Waals surface area contributed by atoms with Crippen LogP contribution >= 0.6 is 0 Å². The average Bonchev–Trinajstić information content (AvgIpc) is 2.08. The lowest BCUT2D eigenvalue weighted by atomic mass is 9.99. The van der Waals surface area contributed by atoms with E-state index < -0.39 is 0 Å². The van der Waals surface area contributed by atoms with Crippen LogP contribution in [0.1, 0.15) is 59.8 Å².